The molecule has 0 saturated carbocycles. The van der Waals surface area contributed by atoms with Gasteiger partial charge in [-0.1, -0.05) is 6.07 Å². The van der Waals surface area contributed by atoms with E-state index in [1.54, 1.807) is 19.1 Å². The van der Waals surface area contributed by atoms with Crippen LogP contribution in [-0.4, -0.2) is 34.4 Å². The van der Waals surface area contributed by atoms with Gasteiger partial charge in [-0.25, -0.2) is 13.1 Å². The van der Waals surface area contributed by atoms with Crippen molar-refractivity contribution in [2.24, 2.45) is 0 Å². The molecule has 0 unspecified atom stereocenters. The van der Waals surface area contributed by atoms with E-state index in [0.717, 1.165) is 11.3 Å². The largest absolute Gasteiger partial charge is 0.283 e. The molecule has 8 heteroatoms. The Bertz CT molecular complexity index is 636. The van der Waals surface area contributed by atoms with Crippen molar-refractivity contribution in [3.8, 4) is 5.69 Å². The monoisotopic (exact) mass is 267 g/mol. The topological polar surface area (TPSA) is 89.8 Å². The highest BCUT2D eigenvalue weighted by Crippen LogP contribution is 2.19. The predicted octanol–water partition coefficient (Wildman–Crippen LogP) is 0.732. The maximum atomic E-state index is 11.5. The van der Waals surface area contributed by atoms with Crippen LogP contribution in [0.25, 0.3) is 5.69 Å². The zero-order valence-electron chi connectivity index (χ0n) is 10.0. The molecule has 0 aliphatic heterocycles. The molecule has 0 aliphatic carbocycles. The molecule has 0 spiro atoms. The van der Waals surface area contributed by atoms with Gasteiger partial charge in [0.15, 0.2) is 0 Å². The smallest absolute Gasteiger partial charge is 0.232 e. The Hall–Kier alpha value is -1.96. The lowest BCUT2D eigenvalue weighted by Gasteiger charge is -2.09. The molecule has 2 rings (SSSR count). The first-order chi connectivity index (χ1) is 8.52. The van der Waals surface area contributed by atoms with Crippen LogP contribution in [0.5, 0.6) is 0 Å². The number of sulfonamides is 1. The molecule has 18 heavy (non-hydrogen) atoms. The van der Waals surface area contributed by atoms with Crippen LogP contribution in [0.1, 0.15) is 12.5 Å². The summed E-state index contributed by atoms with van der Waals surface area (Å²) in [7, 11) is -3.28. The molecule has 1 aromatic carbocycles. The zero-order chi connectivity index (χ0) is 13.2. The molecule has 1 N–H and O–H groups in total. The van der Waals surface area contributed by atoms with Gasteiger partial charge in [0.25, 0.3) is 0 Å². The molecule has 7 nitrogen and oxygen atoms in total. The molecule has 96 valence electrons. The third-order valence-corrected chi connectivity index (χ3v) is 3.77. The molecule has 0 fully saturated rings. The minimum atomic E-state index is -3.28. The van der Waals surface area contributed by atoms with Crippen molar-refractivity contribution in [2.45, 2.75) is 13.8 Å². The summed E-state index contributed by atoms with van der Waals surface area (Å²) >= 11 is 0. The van der Waals surface area contributed by atoms with Crippen molar-refractivity contribution in [3.63, 3.8) is 0 Å². The first-order valence-corrected chi connectivity index (χ1v) is 7.01. The number of benzene rings is 1. The Labute approximate surface area is 105 Å². The molecule has 1 aromatic heterocycles. The fourth-order valence-electron chi connectivity index (χ4n) is 1.44. The summed E-state index contributed by atoms with van der Waals surface area (Å²) in [6.45, 7) is 3.48. The molecule has 2 aromatic rings. The van der Waals surface area contributed by atoms with Gasteiger partial charge in [-0.2, -0.15) is 0 Å². The van der Waals surface area contributed by atoms with Gasteiger partial charge >= 0.3 is 0 Å². The van der Waals surface area contributed by atoms with E-state index in [9.17, 15) is 8.42 Å². The van der Waals surface area contributed by atoms with Crippen LogP contribution in [0, 0.1) is 6.92 Å². The standard InChI is InChI=1S/C10H13N5O2S/c1-3-18(16,17)12-9-5-4-8(2)10(6-9)15-7-11-13-14-15/h4-7,12H,3H2,1-2H3. The summed E-state index contributed by atoms with van der Waals surface area (Å²) in [5.41, 5.74) is 2.17. The fourth-order valence-corrected chi connectivity index (χ4v) is 2.07. The number of hydrogen-bond acceptors (Lipinski definition) is 5. The fraction of sp³-hybridized carbons (Fsp3) is 0.300. The highest BCUT2D eigenvalue weighted by atomic mass is 32.2. The van der Waals surface area contributed by atoms with Crippen LogP contribution in [0.2, 0.25) is 0 Å². The van der Waals surface area contributed by atoms with Crippen molar-refractivity contribution < 1.29 is 8.42 Å². The minimum absolute atomic E-state index is 0.0289. The molecule has 0 atom stereocenters. The lowest BCUT2D eigenvalue weighted by atomic mass is 10.2. The van der Waals surface area contributed by atoms with Crippen LogP contribution in [0.15, 0.2) is 24.5 Å². The average Bonchev–Trinajstić information content (AvgIpc) is 2.85. The van der Waals surface area contributed by atoms with Gasteiger partial charge in [-0.15, -0.1) is 5.10 Å². The van der Waals surface area contributed by atoms with E-state index in [4.69, 9.17) is 0 Å². The van der Waals surface area contributed by atoms with Gasteiger partial charge in [-0.3, -0.25) is 4.72 Å². The van der Waals surface area contributed by atoms with E-state index in [1.165, 1.54) is 11.0 Å². The minimum Gasteiger partial charge on any atom is -0.283 e. The van der Waals surface area contributed by atoms with Gasteiger partial charge in [0.05, 0.1) is 17.1 Å². The molecule has 0 bridgehead atoms. The number of tetrazole rings is 1. The highest BCUT2D eigenvalue weighted by molar-refractivity contribution is 7.92. The number of nitrogens with one attached hydrogen (secondary N) is 1. The molecule has 0 saturated heterocycles. The quantitative estimate of drug-likeness (QED) is 0.882. The van der Waals surface area contributed by atoms with Gasteiger partial charge < -0.3 is 0 Å². The third kappa shape index (κ3) is 2.65. The van der Waals surface area contributed by atoms with Crippen molar-refractivity contribution >= 4 is 15.7 Å². The summed E-state index contributed by atoms with van der Waals surface area (Å²) in [6, 6.07) is 5.21. The first-order valence-electron chi connectivity index (χ1n) is 5.36. The second-order valence-electron chi connectivity index (χ2n) is 3.76. The molecule has 1 heterocycles. The van der Waals surface area contributed by atoms with E-state index in [0.29, 0.717) is 5.69 Å². The lowest BCUT2D eigenvalue weighted by Crippen LogP contribution is -2.15. The number of nitrogens with zero attached hydrogens (tertiary/aromatic N) is 4. The van der Waals surface area contributed by atoms with E-state index in [-0.39, 0.29) is 5.75 Å². The lowest BCUT2D eigenvalue weighted by molar-refractivity contribution is 0.602. The predicted molar refractivity (Wildman–Crippen MR) is 67.0 cm³/mol. The first kappa shape index (κ1) is 12.5. The molecular weight excluding hydrogens is 254 g/mol. The Balaban J connectivity index is 2.39. The number of aromatic nitrogens is 4. The molecular formula is C10H13N5O2S. The zero-order valence-corrected chi connectivity index (χ0v) is 10.8. The maximum absolute atomic E-state index is 11.5. The summed E-state index contributed by atoms with van der Waals surface area (Å²) in [5.74, 6) is 0.0289. The normalized spacial score (nSPS) is 11.4. The van der Waals surface area contributed by atoms with Gasteiger partial charge in [0.1, 0.15) is 6.33 Å². The van der Waals surface area contributed by atoms with Crippen molar-refractivity contribution in [2.75, 3.05) is 10.5 Å². The van der Waals surface area contributed by atoms with Crippen molar-refractivity contribution in [1.29, 1.82) is 0 Å². The number of anilines is 1. The average molecular weight is 267 g/mol. The Morgan fingerprint density at radius 3 is 2.78 bits per heavy atom. The van der Waals surface area contributed by atoms with Crippen LogP contribution < -0.4 is 4.72 Å². The van der Waals surface area contributed by atoms with Gasteiger partial charge in [0.2, 0.25) is 10.0 Å². The Morgan fingerprint density at radius 2 is 2.17 bits per heavy atom. The summed E-state index contributed by atoms with van der Waals surface area (Å²) < 4.78 is 27.0. The summed E-state index contributed by atoms with van der Waals surface area (Å²) in [4.78, 5) is 0. The second kappa shape index (κ2) is 4.73. The van der Waals surface area contributed by atoms with Crippen LogP contribution in [-0.2, 0) is 10.0 Å². The van der Waals surface area contributed by atoms with Gasteiger partial charge in [0, 0.05) is 0 Å². The third-order valence-electron chi connectivity index (χ3n) is 2.46. The van der Waals surface area contributed by atoms with E-state index in [2.05, 4.69) is 20.2 Å². The van der Waals surface area contributed by atoms with Gasteiger partial charge in [-0.05, 0) is 42.0 Å². The number of rotatable bonds is 4. The van der Waals surface area contributed by atoms with Crippen molar-refractivity contribution in [3.05, 3.63) is 30.1 Å². The van der Waals surface area contributed by atoms with Crippen LogP contribution in [0.4, 0.5) is 5.69 Å². The highest BCUT2D eigenvalue weighted by Gasteiger charge is 2.09. The molecule has 0 amide bonds. The SMILES string of the molecule is CCS(=O)(=O)Nc1ccc(C)c(-n2cnnn2)c1. The summed E-state index contributed by atoms with van der Waals surface area (Å²) in [6.07, 6.45) is 1.46. The Morgan fingerprint density at radius 1 is 1.39 bits per heavy atom. The van der Waals surface area contributed by atoms with Crippen molar-refractivity contribution in [1.82, 2.24) is 20.2 Å². The second-order valence-corrected chi connectivity index (χ2v) is 5.77. The van der Waals surface area contributed by atoms with Crippen LogP contribution >= 0.6 is 0 Å². The van der Waals surface area contributed by atoms with E-state index in [1.807, 2.05) is 13.0 Å². The Kier molecular flexibility index (Phi) is 3.28. The maximum Gasteiger partial charge on any atom is 0.232 e. The molecule has 0 radical (unpaired) electrons. The number of aryl methyl sites for hydroxylation is 1. The molecule has 0 aliphatic rings. The van der Waals surface area contributed by atoms with E-state index < -0.39 is 10.0 Å². The van der Waals surface area contributed by atoms with E-state index >= 15 is 0 Å². The summed E-state index contributed by atoms with van der Waals surface area (Å²) in [5, 5.41) is 10.9. The number of hydrogen-bond donors (Lipinski definition) is 1. The van der Waals surface area contributed by atoms with Crippen LogP contribution in [0.3, 0.4) is 0 Å².